The minimum atomic E-state index is -0.397. The van der Waals surface area contributed by atoms with E-state index in [1.54, 1.807) is 6.07 Å². The summed E-state index contributed by atoms with van der Waals surface area (Å²) in [6.45, 7) is 1.94. The molecule has 0 aliphatic carbocycles. The zero-order valence-corrected chi connectivity index (χ0v) is 12.2. The van der Waals surface area contributed by atoms with Gasteiger partial charge in [0.15, 0.2) is 0 Å². The summed E-state index contributed by atoms with van der Waals surface area (Å²) in [5, 5.41) is 13.9. The van der Waals surface area contributed by atoms with Crippen molar-refractivity contribution in [1.29, 1.82) is 0 Å². The Hall–Kier alpha value is -1.14. The lowest BCUT2D eigenvalue weighted by molar-refractivity contribution is -0.384. The maximum atomic E-state index is 10.6. The Balaban J connectivity index is 2.41. The number of unbranched alkanes of at least 4 members (excludes halogenated alkanes) is 1. The zero-order valence-electron chi connectivity index (χ0n) is 10.6. The van der Waals surface area contributed by atoms with Crippen LogP contribution in [-0.2, 0) is 0 Å². The smallest absolute Gasteiger partial charge is 0.270 e. The third kappa shape index (κ3) is 5.01. The molecule has 0 aromatic heterocycles. The largest absolute Gasteiger partial charge is 0.384 e. The first-order valence-electron chi connectivity index (χ1n) is 5.83. The number of rotatable bonds is 7. The van der Waals surface area contributed by atoms with E-state index < -0.39 is 4.92 Å². The minimum absolute atomic E-state index is 0.0973. The molecule has 0 aliphatic rings. The van der Waals surface area contributed by atoms with E-state index in [1.807, 2.05) is 0 Å². The van der Waals surface area contributed by atoms with E-state index >= 15 is 0 Å². The Kier molecular flexibility index (Phi) is 6.07. The van der Waals surface area contributed by atoms with Crippen LogP contribution < -0.4 is 5.32 Å². The first kappa shape index (κ1) is 14.9. The summed E-state index contributed by atoms with van der Waals surface area (Å²) >= 11 is 3.33. The fraction of sp³-hybridized carbons (Fsp3) is 0.500. The molecule has 1 aromatic rings. The number of nitro benzene ring substituents is 1. The number of anilines is 1. The Morgan fingerprint density at radius 3 is 2.67 bits per heavy atom. The Bertz CT molecular complexity index is 410. The van der Waals surface area contributed by atoms with Gasteiger partial charge >= 0.3 is 0 Å². The summed E-state index contributed by atoms with van der Waals surface area (Å²) in [6.07, 6.45) is 2.20. The highest BCUT2D eigenvalue weighted by Gasteiger charge is 2.08. The molecular weight excluding hydrogens is 298 g/mol. The van der Waals surface area contributed by atoms with Gasteiger partial charge in [-0.25, -0.2) is 0 Å². The van der Waals surface area contributed by atoms with Crippen LogP contribution >= 0.6 is 15.9 Å². The van der Waals surface area contributed by atoms with Crippen molar-refractivity contribution in [2.24, 2.45) is 0 Å². The number of halogens is 1. The molecule has 5 nitrogen and oxygen atoms in total. The van der Waals surface area contributed by atoms with Gasteiger partial charge in [0.25, 0.3) is 5.69 Å². The van der Waals surface area contributed by atoms with E-state index in [4.69, 9.17) is 0 Å². The lowest BCUT2D eigenvalue weighted by Crippen LogP contribution is -2.14. The molecule has 100 valence electrons. The van der Waals surface area contributed by atoms with E-state index in [1.165, 1.54) is 12.1 Å². The molecule has 0 bridgehead atoms. The Morgan fingerprint density at radius 2 is 2.11 bits per heavy atom. The van der Waals surface area contributed by atoms with Gasteiger partial charge in [0, 0.05) is 28.8 Å². The van der Waals surface area contributed by atoms with Crippen molar-refractivity contribution < 1.29 is 4.92 Å². The number of nitrogens with one attached hydrogen (secondary N) is 1. The number of nitro groups is 1. The van der Waals surface area contributed by atoms with Gasteiger partial charge < -0.3 is 10.2 Å². The summed E-state index contributed by atoms with van der Waals surface area (Å²) < 4.78 is 0.726. The van der Waals surface area contributed by atoms with Gasteiger partial charge in [0.05, 0.1) is 4.92 Å². The summed E-state index contributed by atoms with van der Waals surface area (Å²) in [5.74, 6) is 0. The van der Waals surface area contributed by atoms with Gasteiger partial charge in [-0.2, -0.15) is 0 Å². The van der Waals surface area contributed by atoms with Crippen LogP contribution in [0.1, 0.15) is 12.8 Å². The maximum Gasteiger partial charge on any atom is 0.270 e. The third-order valence-corrected chi connectivity index (χ3v) is 3.17. The van der Waals surface area contributed by atoms with Crippen LogP contribution in [0, 0.1) is 10.1 Å². The van der Waals surface area contributed by atoms with Gasteiger partial charge in [-0.05, 0) is 55.5 Å². The molecule has 0 unspecified atom stereocenters. The maximum absolute atomic E-state index is 10.6. The van der Waals surface area contributed by atoms with Crippen molar-refractivity contribution in [2.75, 3.05) is 32.5 Å². The first-order valence-corrected chi connectivity index (χ1v) is 6.62. The van der Waals surface area contributed by atoms with Crippen LogP contribution in [0.15, 0.2) is 22.7 Å². The van der Waals surface area contributed by atoms with Crippen LogP contribution in [0.25, 0.3) is 0 Å². The molecule has 1 rings (SSSR count). The molecule has 0 fully saturated rings. The molecular formula is C12H18BrN3O2. The molecule has 0 radical (unpaired) electrons. The van der Waals surface area contributed by atoms with Crippen molar-refractivity contribution in [3.63, 3.8) is 0 Å². The van der Waals surface area contributed by atoms with Gasteiger partial charge in [-0.1, -0.05) is 0 Å². The van der Waals surface area contributed by atoms with E-state index in [2.05, 4.69) is 40.2 Å². The second kappa shape index (κ2) is 7.33. The SMILES string of the molecule is CN(C)CCCCNc1ccc([N+](=O)[O-])cc1Br. The quantitative estimate of drug-likeness (QED) is 0.477. The molecule has 0 spiro atoms. The van der Waals surface area contributed by atoms with Crippen molar-refractivity contribution in [2.45, 2.75) is 12.8 Å². The number of hydrogen-bond acceptors (Lipinski definition) is 4. The van der Waals surface area contributed by atoms with E-state index in [0.29, 0.717) is 0 Å². The highest BCUT2D eigenvalue weighted by Crippen LogP contribution is 2.26. The van der Waals surface area contributed by atoms with Gasteiger partial charge in [0.1, 0.15) is 0 Å². The van der Waals surface area contributed by atoms with Crippen LogP contribution in [0.2, 0.25) is 0 Å². The molecule has 0 atom stereocenters. The summed E-state index contributed by atoms with van der Waals surface area (Å²) in [7, 11) is 4.11. The summed E-state index contributed by atoms with van der Waals surface area (Å²) in [6, 6.07) is 4.75. The van der Waals surface area contributed by atoms with Crippen molar-refractivity contribution in [1.82, 2.24) is 4.90 Å². The molecule has 0 amide bonds. The molecule has 18 heavy (non-hydrogen) atoms. The third-order valence-electron chi connectivity index (χ3n) is 2.51. The molecule has 0 saturated carbocycles. The predicted octanol–water partition coefficient (Wildman–Crippen LogP) is 3.11. The Labute approximate surface area is 115 Å². The molecule has 1 aromatic carbocycles. The lowest BCUT2D eigenvalue weighted by atomic mass is 10.2. The highest BCUT2D eigenvalue weighted by atomic mass is 79.9. The van der Waals surface area contributed by atoms with E-state index in [0.717, 1.165) is 36.1 Å². The fourth-order valence-electron chi connectivity index (χ4n) is 1.54. The van der Waals surface area contributed by atoms with Crippen LogP contribution in [0.4, 0.5) is 11.4 Å². The molecule has 0 aliphatic heterocycles. The fourth-order valence-corrected chi connectivity index (χ4v) is 2.04. The normalized spacial score (nSPS) is 10.7. The summed E-state index contributed by atoms with van der Waals surface area (Å²) in [4.78, 5) is 12.3. The minimum Gasteiger partial charge on any atom is -0.384 e. The van der Waals surface area contributed by atoms with Gasteiger partial charge in [0.2, 0.25) is 0 Å². The van der Waals surface area contributed by atoms with Crippen LogP contribution in [0.5, 0.6) is 0 Å². The second-order valence-corrected chi connectivity index (χ2v) is 5.21. The zero-order chi connectivity index (χ0) is 13.5. The van der Waals surface area contributed by atoms with E-state index in [-0.39, 0.29) is 5.69 Å². The molecule has 6 heteroatoms. The van der Waals surface area contributed by atoms with Crippen molar-refractivity contribution in [3.05, 3.63) is 32.8 Å². The van der Waals surface area contributed by atoms with Crippen LogP contribution in [0.3, 0.4) is 0 Å². The van der Waals surface area contributed by atoms with Gasteiger partial charge in [-0.3, -0.25) is 10.1 Å². The van der Waals surface area contributed by atoms with Crippen molar-refractivity contribution in [3.8, 4) is 0 Å². The topological polar surface area (TPSA) is 58.4 Å². The summed E-state index contributed by atoms with van der Waals surface area (Å²) in [5.41, 5.74) is 0.991. The van der Waals surface area contributed by atoms with Crippen molar-refractivity contribution >= 4 is 27.3 Å². The van der Waals surface area contributed by atoms with Gasteiger partial charge in [-0.15, -0.1) is 0 Å². The highest BCUT2D eigenvalue weighted by molar-refractivity contribution is 9.10. The first-order chi connectivity index (χ1) is 8.50. The van der Waals surface area contributed by atoms with Crippen LogP contribution in [-0.4, -0.2) is 37.0 Å². The van der Waals surface area contributed by atoms with E-state index in [9.17, 15) is 10.1 Å². The number of benzene rings is 1. The monoisotopic (exact) mass is 315 g/mol. The molecule has 0 saturated heterocycles. The average Bonchev–Trinajstić information content (AvgIpc) is 2.29. The molecule has 1 N–H and O–H groups in total. The number of non-ortho nitro benzene ring substituents is 1. The second-order valence-electron chi connectivity index (χ2n) is 4.36. The lowest BCUT2D eigenvalue weighted by Gasteiger charge is -2.10. The average molecular weight is 316 g/mol. The standard InChI is InChI=1S/C12H18BrN3O2/c1-15(2)8-4-3-7-14-12-6-5-10(16(17)18)9-11(12)13/h5-6,9,14H,3-4,7-8H2,1-2H3. The predicted molar refractivity (Wildman–Crippen MR) is 77.1 cm³/mol. The number of nitrogens with zero attached hydrogens (tertiary/aromatic N) is 2. The Morgan fingerprint density at radius 1 is 1.39 bits per heavy atom. The number of hydrogen-bond donors (Lipinski definition) is 1. The molecule has 0 heterocycles.